The van der Waals surface area contributed by atoms with E-state index in [1.807, 2.05) is 37.3 Å². The quantitative estimate of drug-likeness (QED) is 0.582. The molecule has 0 radical (unpaired) electrons. The first-order chi connectivity index (χ1) is 12.6. The Labute approximate surface area is 151 Å². The van der Waals surface area contributed by atoms with Crippen LogP contribution in [0.3, 0.4) is 0 Å². The Balaban J connectivity index is 1.91. The number of carbonyl (C=O) groups is 1. The van der Waals surface area contributed by atoms with E-state index in [2.05, 4.69) is 15.4 Å². The van der Waals surface area contributed by atoms with Crippen molar-refractivity contribution in [3.8, 4) is 17.3 Å². The fourth-order valence-electron chi connectivity index (χ4n) is 2.49. The number of carbonyl (C=O) groups excluding carboxylic acids is 1. The Morgan fingerprint density at radius 2 is 1.88 bits per heavy atom. The average molecular weight is 343 g/mol. The van der Waals surface area contributed by atoms with Crippen LogP contribution in [-0.2, 0) is 11.8 Å². The number of aromatic nitrogens is 3. The van der Waals surface area contributed by atoms with Gasteiger partial charge in [-0.05, 0) is 37.3 Å². The van der Waals surface area contributed by atoms with Crippen LogP contribution in [0.2, 0.25) is 0 Å². The fourth-order valence-corrected chi connectivity index (χ4v) is 2.49. The molecular weight excluding hydrogens is 326 g/mol. The highest BCUT2D eigenvalue weighted by molar-refractivity contribution is 6.10. The van der Waals surface area contributed by atoms with E-state index in [4.69, 9.17) is 0 Å². The number of nitrogens with zero attached hydrogens (tertiary/aromatic N) is 4. The maximum absolute atomic E-state index is 12.4. The van der Waals surface area contributed by atoms with E-state index < -0.39 is 5.91 Å². The number of benzene rings is 1. The van der Waals surface area contributed by atoms with Crippen LogP contribution in [0, 0.1) is 18.3 Å². The third kappa shape index (κ3) is 3.84. The van der Waals surface area contributed by atoms with Crippen LogP contribution < -0.4 is 5.32 Å². The molecule has 1 amide bonds. The number of nitriles is 1. The van der Waals surface area contributed by atoms with Crippen LogP contribution in [0.4, 0.5) is 5.69 Å². The highest BCUT2D eigenvalue weighted by Gasteiger charge is 2.14. The van der Waals surface area contributed by atoms with Crippen LogP contribution in [0.15, 0.2) is 60.6 Å². The van der Waals surface area contributed by atoms with Crippen molar-refractivity contribution >= 4 is 17.7 Å². The number of amides is 1. The Kier molecular flexibility index (Phi) is 4.90. The molecule has 0 saturated carbocycles. The number of aryl methyl sites for hydroxylation is 2. The predicted octanol–water partition coefficient (Wildman–Crippen LogP) is 3.34. The van der Waals surface area contributed by atoms with Crippen LogP contribution in [0.5, 0.6) is 0 Å². The van der Waals surface area contributed by atoms with Gasteiger partial charge < -0.3 is 5.32 Å². The summed E-state index contributed by atoms with van der Waals surface area (Å²) in [4.78, 5) is 16.4. The van der Waals surface area contributed by atoms with Gasteiger partial charge in [-0.2, -0.15) is 10.4 Å². The number of rotatable bonds is 4. The highest BCUT2D eigenvalue weighted by Crippen LogP contribution is 2.23. The monoisotopic (exact) mass is 343 g/mol. The summed E-state index contributed by atoms with van der Waals surface area (Å²) < 4.78 is 1.65. The van der Waals surface area contributed by atoms with Crippen LogP contribution in [0.1, 0.15) is 11.1 Å². The molecule has 2 aromatic heterocycles. The fraction of sp³-hybridized carbons (Fsp3) is 0.100. The summed E-state index contributed by atoms with van der Waals surface area (Å²) in [7, 11) is 1.79. The summed E-state index contributed by atoms with van der Waals surface area (Å²) in [6.45, 7) is 1.97. The molecule has 0 fully saturated rings. The first-order valence-corrected chi connectivity index (χ1v) is 8.00. The van der Waals surface area contributed by atoms with Crippen molar-refractivity contribution in [3.63, 3.8) is 0 Å². The number of hydrogen-bond acceptors (Lipinski definition) is 4. The van der Waals surface area contributed by atoms with E-state index in [9.17, 15) is 10.1 Å². The van der Waals surface area contributed by atoms with Crippen molar-refractivity contribution in [2.75, 3.05) is 5.32 Å². The first-order valence-electron chi connectivity index (χ1n) is 8.00. The average Bonchev–Trinajstić information content (AvgIpc) is 3.02. The molecule has 3 aromatic rings. The lowest BCUT2D eigenvalue weighted by atomic mass is 10.1. The normalized spacial score (nSPS) is 11.0. The van der Waals surface area contributed by atoms with Gasteiger partial charge >= 0.3 is 0 Å². The van der Waals surface area contributed by atoms with Crippen molar-refractivity contribution in [2.45, 2.75) is 6.92 Å². The summed E-state index contributed by atoms with van der Waals surface area (Å²) in [5, 5.41) is 16.6. The van der Waals surface area contributed by atoms with E-state index in [1.165, 1.54) is 0 Å². The Morgan fingerprint density at radius 1 is 1.19 bits per heavy atom. The van der Waals surface area contributed by atoms with Crippen LogP contribution in [-0.4, -0.2) is 20.7 Å². The molecule has 0 aliphatic rings. The van der Waals surface area contributed by atoms with Crippen molar-refractivity contribution < 1.29 is 4.79 Å². The smallest absolute Gasteiger partial charge is 0.266 e. The molecule has 0 unspecified atom stereocenters. The zero-order valence-electron chi connectivity index (χ0n) is 14.5. The zero-order valence-corrected chi connectivity index (χ0v) is 14.5. The minimum absolute atomic E-state index is 0.00822. The maximum Gasteiger partial charge on any atom is 0.266 e. The highest BCUT2D eigenvalue weighted by atomic mass is 16.1. The Morgan fingerprint density at radius 3 is 2.54 bits per heavy atom. The van der Waals surface area contributed by atoms with Crippen molar-refractivity contribution in [2.24, 2.45) is 7.05 Å². The molecule has 0 spiro atoms. The largest absolute Gasteiger partial charge is 0.321 e. The molecule has 0 aliphatic carbocycles. The van der Waals surface area contributed by atoms with E-state index in [-0.39, 0.29) is 5.57 Å². The van der Waals surface area contributed by atoms with Gasteiger partial charge in [0.05, 0.1) is 5.69 Å². The van der Waals surface area contributed by atoms with E-state index in [0.717, 1.165) is 11.1 Å². The molecule has 1 aromatic carbocycles. The van der Waals surface area contributed by atoms with E-state index >= 15 is 0 Å². The van der Waals surface area contributed by atoms with Crippen molar-refractivity contribution in [3.05, 3.63) is 71.7 Å². The predicted molar refractivity (Wildman–Crippen MR) is 99.8 cm³/mol. The third-order valence-electron chi connectivity index (χ3n) is 3.79. The lowest BCUT2D eigenvalue weighted by molar-refractivity contribution is -0.112. The van der Waals surface area contributed by atoms with Gasteiger partial charge in [0.25, 0.3) is 5.91 Å². The molecule has 6 heteroatoms. The third-order valence-corrected chi connectivity index (χ3v) is 3.79. The number of hydrogen-bond donors (Lipinski definition) is 1. The molecule has 6 nitrogen and oxygen atoms in total. The molecule has 3 rings (SSSR count). The molecule has 0 bridgehead atoms. The lowest BCUT2D eigenvalue weighted by Gasteiger charge is -2.05. The van der Waals surface area contributed by atoms with E-state index in [0.29, 0.717) is 16.9 Å². The summed E-state index contributed by atoms with van der Waals surface area (Å²) in [6, 6.07) is 13.0. The van der Waals surface area contributed by atoms with Gasteiger partial charge in [0.15, 0.2) is 0 Å². The molecule has 0 atom stereocenters. The maximum atomic E-state index is 12.4. The minimum atomic E-state index is -0.458. The molecule has 2 heterocycles. The topological polar surface area (TPSA) is 83.6 Å². The van der Waals surface area contributed by atoms with Gasteiger partial charge in [-0.3, -0.25) is 14.5 Å². The van der Waals surface area contributed by atoms with Gasteiger partial charge in [-0.1, -0.05) is 17.7 Å². The minimum Gasteiger partial charge on any atom is -0.321 e. The van der Waals surface area contributed by atoms with Gasteiger partial charge in [0, 0.05) is 42.5 Å². The van der Waals surface area contributed by atoms with Gasteiger partial charge in [-0.25, -0.2) is 0 Å². The van der Waals surface area contributed by atoms with Gasteiger partial charge in [0.1, 0.15) is 11.6 Å². The van der Waals surface area contributed by atoms with Gasteiger partial charge in [-0.15, -0.1) is 0 Å². The lowest BCUT2D eigenvalue weighted by Crippen LogP contribution is -2.13. The summed E-state index contributed by atoms with van der Waals surface area (Å²) in [5.41, 5.74) is 3.98. The van der Waals surface area contributed by atoms with Crippen LogP contribution >= 0.6 is 0 Å². The summed E-state index contributed by atoms with van der Waals surface area (Å²) in [5.74, 6) is -0.458. The number of pyridine rings is 1. The van der Waals surface area contributed by atoms with Crippen LogP contribution in [0.25, 0.3) is 17.3 Å². The molecule has 0 aliphatic heterocycles. The van der Waals surface area contributed by atoms with E-state index in [1.54, 1.807) is 48.5 Å². The second-order valence-corrected chi connectivity index (χ2v) is 5.83. The molecule has 128 valence electrons. The Bertz CT molecular complexity index is 995. The van der Waals surface area contributed by atoms with Crippen molar-refractivity contribution in [1.29, 1.82) is 5.26 Å². The second kappa shape index (κ2) is 7.45. The first kappa shape index (κ1) is 17.1. The van der Waals surface area contributed by atoms with Gasteiger partial charge in [0.2, 0.25) is 0 Å². The summed E-state index contributed by atoms with van der Waals surface area (Å²) in [6.07, 6.45) is 6.66. The standard InChI is InChI=1S/C20H17N5O/c1-14-3-5-18(6-4-14)23-20(26)16(12-21)11-17-13-25(2)24-19(17)15-7-9-22-10-8-15/h3-11,13H,1-2H3,(H,23,26). The molecule has 0 saturated heterocycles. The SMILES string of the molecule is Cc1ccc(NC(=O)C(C#N)=Cc2cn(C)nc2-c2ccncc2)cc1. The number of anilines is 1. The zero-order chi connectivity index (χ0) is 18.5. The summed E-state index contributed by atoms with van der Waals surface area (Å²) >= 11 is 0. The molecular formula is C20H17N5O. The molecule has 26 heavy (non-hydrogen) atoms. The number of nitrogens with one attached hydrogen (secondary N) is 1. The van der Waals surface area contributed by atoms with Crippen molar-refractivity contribution in [1.82, 2.24) is 14.8 Å². The second-order valence-electron chi connectivity index (χ2n) is 5.83. The Hall–Kier alpha value is -3.72. The molecule has 1 N–H and O–H groups in total.